The maximum absolute atomic E-state index is 4.50. The summed E-state index contributed by atoms with van der Waals surface area (Å²) in [6, 6.07) is 39.8. The van der Waals surface area contributed by atoms with Crippen LogP contribution in [0.15, 0.2) is 122 Å². The van der Waals surface area contributed by atoms with E-state index in [-0.39, 0.29) is 20.1 Å². The second kappa shape index (κ2) is 11.9. The van der Waals surface area contributed by atoms with Gasteiger partial charge in [0.1, 0.15) is 0 Å². The first kappa shape index (κ1) is 23.3. The molecule has 3 heteroatoms. The fourth-order valence-corrected chi connectivity index (χ4v) is 3.32. The number of hydrogen-bond acceptors (Lipinski definition) is 2. The van der Waals surface area contributed by atoms with E-state index in [1.165, 1.54) is 22.3 Å². The number of benzene rings is 3. The zero-order valence-corrected chi connectivity index (χ0v) is 20.2. The van der Waals surface area contributed by atoms with E-state index in [4.69, 9.17) is 0 Å². The van der Waals surface area contributed by atoms with Crippen LogP contribution < -0.4 is 0 Å². The minimum absolute atomic E-state index is 0. The molecule has 2 heterocycles. The van der Waals surface area contributed by atoms with Gasteiger partial charge in [0.05, 0.1) is 5.69 Å². The van der Waals surface area contributed by atoms with Gasteiger partial charge < -0.3 is 4.98 Å². The van der Waals surface area contributed by atoms with E-state index < -0.39 is 0 Å². The third-order valence-corrected chi connectivity index (χ3v) is 4.94. The summed E-state index contributed by atoms with van der Waals surface area (Å²) in [5, 5.41) is 0. The molecule has 0 fully saturated rings. The molecule has 0 saturated heterocycles. The molecule has 0 spiro atoms. The molecule has 0 unspecified atom stereocenters. The number of nitrogens with zero attached hydrogens (tertiary/aromatic N) is 2. The first-order valence-electron chi connectivity index (χ1n) is 10.3. The van der Waals surface area contributed by atoms with Crippen LogP contribution in [0.25, 0.3) is 33.6 Å². The predicted octanol–water partition coefficient (Wildman–Crippen LogP) is 7.27. The molecule has 0 N–H and O–H groups in total. The molecule has 0 atom stereocenters. The van der Waals surface area contributed by atoms with Crippen LogP contribution >= 0.6 is 0 Å². The molecule has 0 aliphatic carbocycles. The van der Waals surface area contributed by atoms with E-state index in [2.05, 4.69) is 83.6 Å². The van der Waals surface area contributed by atoms with Gasteiger partial charge >= 0.3 is 0 Å². The summed E-state index contributed by atoms with van der Waals surface area (Å²) >= 11 is 0. The molecular weight excluding hydrogens is 569 g/mol. The van der Waals surface area contributed by atoms with Gasteiger partial charge in [0.15, 0.2) is 0 Å². The van der Waals surface area contributed by atoms with Crippen LogP contribution in [0.1, 0.15) is 5.56 Å². The van der Waals surface area contributed by atoms with Crippen molar-refractivity contribution < 1.29 is 20.1 Å². The zero-order valence-electron chi connectivity index (χ0n) is 17.8. The SMILES string of the molecule is Cc1ccccc1-c1cc(-c2ccccc2)ccn1.[Ir].[c-]1ccccc1-c1ccccn1. The molecule has 159 valence electrons. The van der Waals surface area contributed by atoms with Gasteiger partial charge in [-0.3, -0.25) is 4.98 Å². The fourth-order valence-electron chi connectivity index (χ4n) is 3.32. The summed E-state index contributed by atoms with van der Waals surface area (Å²) in [5.74, 6) is 0. The third kappa shape index (κ3) is 6.07. The van der Waals surface area contributed by atoms with Gasteiger partial charge in [0.2, 0.25) is 0 Å². The van der Waals surface area contributed by atoms with Crippen molar-refractivity contribution in [3.05, 3.63) is 133 Å². The minimum atomic E-state index is 0. The van der Waals surface area contributed by atoms with Gasteiger partial charge in [-0.1, -0.05) is 66.7 Å². The normalized spacial score (nSPS) is 9.78. The van der Waals surface area contributed by atoms with Crippen LogP contribution in [0.4, 0.5) is 0 Å². The molecule has 3 aromatic carbocycles. The van der Waals surface area contributed by atoms with Gasteiger partial charge in [-0.2, -0.15) is 0 Å². The smallest absolute Gasteiger partial charge is 0.0710 e. The van der Waals surface area contributed by atoms with Crippen LogP contribution in [0, 0.1) is 13.0 Å². The maximum Gasteiger partial charge on any atom is 0.0710 e. The second-order valence-electron chi connectivity index (χ2n) is 7.10. The van der Waals surface area contributed by atoms with Crippen LogP contribution in [0.5, 0.6) is 0 Å². The molecule has 0 saturated carbocycles. The van der Waals surface area contributed by atoms with Crippen molar-refractivity contribution in [2.24, 2.45) is 0 Å². The van der Waals surface area contributed by atoms with E-state index in [9.17, 15) is 0 Å². The van der Waals surface area contributed by atoms with E-state index in [1.54, 1.807) is 6.20 Å². The van der Waals surface area contributed by atoms with Gasteiger partial charge in [0, 0.05) is 38.1 Å². The largest absolute Gasteiger partial charge is 0.305 e. The molecule has 0 amide bonds. The fraction of sp³-hybridized carbons (Fsp3) is 0.0345. The molecule has 2 aromatic heterocycles. The van der Waals surface area contributed by atoms with Gasteiger partial charge in [-0.25, -0.2) is 0 Å². The average molecular weight is 592 g/mol. The first-order chi connectivity index (χ1) is 15.3. The standard InChI is InChI=1S/C18H15N.C11H8N.Ir/c1-14-7-5-6-10-17(14)18-13-16(11-12-19-18)15-8-3-2-4-9-15;1-2-6-10(7-3-1)11-8-4-5-9-12-11;/h2-13H,1H3;1-6,8-9H;/q;-1;. The zero-order chi connectivity index (χ0) is 21.3. The second-order valence-corrected chi connectivity index (χ2v) is 7.10. The molecule has 2 nitrogen and oxygen atoms in total. The molecule has 5 rings (SSSR count). The van der Waals surface area contributed by atoms with Crippen molar-refractivity contribution >= 4 is 0 Å². The van der Waals surface area contributed by atoms with E-state index in [0.29, 0.717) is 0 Å². The van der Waals surface area contributed by atoms with Crippen molar-refractivity contribution in [1.82, 2.24) is 9.97 Å². The molecule has 0 aliphatic heterocycles. The van der Waals surface area contributed by atoms with Crippen molar-refractivity contribution in [1.29, 1.82) is 0 Å². The average Bonchev–Trinajstić information content (AvgIpc) is 2.86. The van der Waals surface area contributed by atoms with Crippen LogP contribution in [-0.4, -0.2) is 9.97 Å². The van der Waals surface area contributed by atoms with E-state index >= 15 is 0 Å². The number of aryl methyl sites for hydroxylation is 1. The molecule has 0 bridgehead atoms. The molecular formula is C29H23IrN2-. The summed E-state index contributed by atoms with van der Waals surface area (Å²) in [7, 11) is 0. The maximum atomic E-state index is 4.50. The number of rotatable bonds is 3. The Hall–Kier alpha value is -3.39. The third-order valence-electron chi connectivity index (χ3n) is 4.94. The summed E-state index contributed by atoms with van der Waals surface area (Å²) in [4.78, 5) is 8.71. The summed E-state index contributed by atoms with van der Waals surface area (Å²) in [6.07, 6.45) is 3.67. The molecule has 5 aromatic rings. The van der Waals surface area contributed by atoms with Gasteiger partial charge in [-0.15, -0.1) is 35.9 Å². The van der Waals surface area contributed by atoms with Crippen molar-refractivity contribution in [2.45, 2.75) is 6.92 Å². The Morgan fingerprint density at radius 2 is 1.31 bits per heavy atom. The van der Waals surface area contributed by atoms with E-state index in [1.807, 2.05) is 54.7 Å². The monoisotopic (exact) mass is 592 g/mol. The van der Waals surface area contributed by atoms with Crippen molar-refractivity contribution in [2.75, 3.05) is 0 Å². The number of aromatic nitrogens is 2. The predicted molar refractivity (Wildman–Crippen MR) is 128 cm³/mol. The quantitative estimate of drug-likeness (QED) is 0.206. The Morgan fingerprint density at radius 1 is 0.594 bits per heavy atom. The topological polar surface area (TPSA) is 25.8 Å². The van der Waals surface area contributed by atoms with Crippen LogP contribution in [0.2, 0.25) is 0 Å². The van der Waals surface area contributed by atoms with Crippen molar-refractivity contribution in [3.8, 4) is 33.6 Å². The van der Waals surface area contributed by atoms with Gasteiger partial charge in [0.25, 0.3) is 0 Å². The Morgan fingerprint density at radius 3 is 2.03 bits per heavy atom. The van der Waals surface area contributed by atoms with E-state index in [0.717, 1.165) is 17.0 Å². The molecule has 0 aliphatic rings. The summed E-state index contributed by atoms with van der Waals surface area (Å²) in [6.45, 7) is 2.12. The minimum Gasteiger partial charge on any atom is -0.305 e. The number of pyridine rings is 2. The Labute approximate surface area is 203 Å². The van der Waals surface area contributed by atoms with Crippen LogP contribution in [0.3, 0.4) is 0 Å². The summed E-state index contributed by atoms with van der Waals surface area (Å²) < 4.78 is 0. The Bertz CT molecular complexity index is 1190. The first-order valence-corrected chi connectivity index (χ1v) is 10.3. The van der Waals surface area contributed by atoms with Crippen molar-refractivity contribution in [3.63, 3.8) is 0 Å². The Balaban J connectivity index is 0.000000193. The number of hydrogen-bond donors (Lipinski definition) is 0. The Kier molecular flexibility index (Phi) is 8.62. The van der Waals surface area contributed by atoms with Crippen LogP contribution in [-0.2, 0) is 20.1 Å². The summed E-state index contributed by atoms with van der Waals surface area (Å²) in [5.41, 5.74) is 7.91. The molecule has 1 radical (unpaired) electrons. The van der Waals surface area contributed by atoms with Gasteiger partial charge in [-0.05, 0) is 47.5 Å². The molecule has 32 heavy (non-hydrogen) atoms.